The molecule has 10 heteroatoms. The number of alkyl halides is 3. The molecule has 154 valence electrons. The summed E-state index contributed by atoms with van der Waals surface area (Å²) in [6, 6.07) is 3.23. The molecule has 0 saturated carbocycles. The van der Waals surface area contributed by atoms with E-state index in [0.717, 1.165) is 36.7 Å². The minimum atomic E-state index is -5.06. The molecule has 2 atom stereocenters. The van der Waals surface area contributed by atoms with Gasteiger partial charge in [-0.25, -0.2) is 4.98 Å². The van der Waals surface area contributed by atoms with Crippen LogP contribution in [0.2, 0.25) is 0 Å². The maximum Gasteiger partial charge on any atom is 0.425 e. The summed E-state index contributed by atoms with van der Waals surface area (Å²) in [7, 11) is 1.33. The number of nitrogens with zero attached hydrogens (tertiary/aromatic N) is 3. The molecule has 2 aromatic heterocycles. The van der Waals surface area contributed by atoms with E-state index in [9.17, 15) is 23.1 Å². The van der Waals surface area contributed by atoms with E-state index in [-0.39, 0.29) is 12.6 Å². The fraction of sp³-hybridized carbons (Fsp3) is 0.556. The number of nitrogens with one attached hydrogen (secondary N) is 1. The quantitative estimate of drug-likeness (QED) is 0.744. The van der Waals surface area contributed by atoms with Gasteiger partial charge in [0.2, 0.25) is 11.5 Å². The van der Waals surface area contributed by atoms with Crippen LogP contribution in [0.15, 0.2) is 35.2 Å². The number of likely N-dealkylation sites (tertiary alicyclic amines) is 1. The van der Waals surface area contributed by atoms with Gasteiger partial charge in [-0.15, -0.1) is 0 Å². The van der Waals surface area contributed by atoms with Crippen molar-refractivity contribution in [3.8, 4) is 0 Å². The Kier molecular flexibility index (Phi) is 5.80. The molecule has 3 rings (SSSR count). The molecule has 1 saturated heterocycles. The van der Waals surface area contributed by atoms with Crippen LogP contribution in [0.4, 0.5) is 13.2 Å². The van der Waals surface area contributed by atoms with Crippen LogP contribution < -0.4 is 5.32 Å². The molecule has 0 aliphatic carbocycles. The predicted octanol–water partition coefficient (Wildman–Crippen LogP) is 2.11. The first kappa shape index (κ1) is 20.4. The summed E-state index contributed by atoms with van der Waals surface area (Å²) in [5, 5.41) is 12.8. The Bertz CT molecular complexity index is 784. The lowest BCUT2D eigenvalue weighted by Gasteiger charge is -2.30. The second-order valence-corrected chi connectivity index (χ2v) is 6.97. The van der Waals surface area contributed by atoms with Crippen molar-refractivity contribution in [3.63, 3.8) is 0 Å². The highest BCUT2D eigenvalue weighted by atomic mass is 19.4. The highest BCUT2D eigenvalue weighted by Crippen LogP contribution is 2.40. The van der Waals surface area contributed by atoms with Gasteiger partial charge >= 0.3 is 6.18 Å². The van der Waals surface area contributed by atoms with E-state index in [1.807, 2.05) is 0 Å². The van der Waals surface area contributed by atoms with E-state index in [1.54, 1.807) is 12.1 Å². The van der Waals surface area contributed by atoms with Gasteiger partial charge in [0.05, 0.1) is 18.7 Å². The summed E-state index contributed by atoms with van der Waals surface area (Å²) < 4.78 is 47.2. The Hall–Kier alpha value is -2.33. The molecule has 0 aromatic carbocycles. The van der Waals surface area contributed by atoms with Crippen LogP contribution in [-0.4, -0.2) is 51.3 Å². The van der Waals surface area contributed by atoms with E-state index in [0.29, 0.717) is 5.76 Å². The number of carbonyl (C=O) groups excluding carboxylic acids is 1. The maximum atomic E-state index is 13.6. The molecular formula is C18H23F3N4O3. The summed E-state index contributed by atoms with van der Waals surface area (Å²) in [6.45, 7) is 1.73. The number of imidazole rings is 1. The highest BCUT2D eigenvalue weighted by molar-refractivity contribution is 5.77. The number of aryl methyl sites for hydroxylation is 1. The summed E-state index contributed by atoms with van der Waals surface area (Å²) >= 11 is 0. The van der Waals surface area contributed by atoms with Gasteiger partial charge in [-0.2, -0.15) is 13.2 Å². The standard InChI is InChI=1S/C18H23F3N4O3/c1-24-9-6-22-16(24)17(27,18(19,20)21)11-15(26)23-12-13(14-5-4-10-28-14)25-7-2-3-8-25/h4-6,9-10,13,27H,2-3,7-8,11-12H2,1H3,(H,23,26). The van der Waals surface area contributed by atoms with Crippen molar-refractivity contribution in [2.24, 2.45) is 7.05 Å². The first-order chi connectivity index (χ1) is 13.2. The summed E-state index contributed by atoms with van der Waals surface area (Å²) in [5.74, 6) is -0.909. The highest BCUT2D eigenvalue weighted by Gasteiger charge is 2.58. The number of halogens is 3. The van der Waals surface area contributed by atoms with E-state index in [2.05, 4.69) is 15.2 Å². The molecule has 1 aliphatic rings. The number of aliphatic hydroxyl groups is 1. The third kappa shape index (κ3) is 4.07. The molecule has 1 amide bonds. The third-order valence-corrected chi connectivity index (χ3v) is 5.02. The van der Waals surface area contributed by atoms with Gasteiger partial charge in [-0.3, -0.25) is 9.69 Å². The van der Waals surface area contributed by atoms with Crippen molar-refractivity contribution < 1.29 is 27.5 Å². The normalized spacial score (nSPS) is 18.8. The second kappa shape index (κ2) is 7.96. The topological polar surface area (TPSA) is 83.5 Å². The van der Waals surface area contributed by atoms with Crippen molar-refractivity contribution in [1.82, 2.24) is 19.8 Å². The largest absolute Gasteiger partial charge is 0.468 e. The number of amides is 1. The number of hydrogen-bond donors (Lipinski definition) is 2. The number of carbonyl (C=O) groups is 1. The molecule has 2 N–H and O–H groups in total. The van der Waals surface area contributed by atoms with E-state index >= 15 is 0 Å². The molecular weight excluding hydrogens is 377 g/mol. The molecule has 28 heavy (non-hydrogen) atoms. The minimum Gasteiger partial charge on any atom is -0.468 e. The Morgan fingerprint density at radius 3 is 2.64 bits per heavy atom. The Balaban J connectivity index is 1.71. The second-order valence-electron chi connectivity index (χ2n) is 6.97. The summed E-state index contributed by atoms with van der Waals surface area (Å²) in [6.07, 6.45) is -0.264. The number of aromatic nitrogens is 2. The smallest absolute Gasteiger partial charge is 0.425 e. The maximum absolute atomic E-state index is 13.6. The SMILES string of the molecule is Cn1ccnc1C(O)(CC(=O)NCC(c1ccco1)N1CCCC1)C(F)(F)F. The average molecular weight is 400 g/mol. The number of rotatable bonds is 7. The Morgan fingerprint density at radius 1 is 1.39 bits per heavy atom. The molecule has 7 nitrogen and oxygen atoms in total. The molecule has 1 aliphatic heterocycles. The fourth-order valence-electron chi connectivity index (χ4n) is 3.52. The predicted molar refractivity (Wildman–Crippen MR) is 93.0 cm³/mol. The first-order valence-electron chi connectivity index (χ1n) is 9.03. The van der Waals surface area contributed by atoms with Crippen molar-refractivity contribution in [1.29, 1.82) is 0 Å². The summed E-state index contributed by atoms with van der Waals surface area (Å²) in [5.41, 5.74) is -3.37. The monoisotopic (exact) mass is 400 g/mol. The van der Waals surface area contributed by atoms with Gasteiger partial charge in [0.15, 0.2) is 5.82 Å². The third-order valence-electron chi connectivity index (χ3n) is 5.02. The summed E-state index contributed by atoms with van der Waals surface area (Å²) in [4.78, 5) is 18.1. The van der Waals surface area contributed by atoms with Gasteiger partial charge in [-0.05, 0) is 38.1 Å². The molecule has 2 unspecified atom stereocenters. The van der Waals surface area contributed by atoms with Crippen LogP contribution in [0.25, 0.3) is 0 Å². The van der Waals surface area contributed by atoms with Gasteiger partial charge in [-0.1, -0.05) is 0 Å². The van der Waals surface area contributed by atoms with Crippen LogP contribution in [0.5, 0.6) is 0 Å². The molecule has 0 spiro atoms. The van der Waals surface area contributed by atoms with E-state index in [4.69, 9.17) is 4.42 Å². The van der Waals surface area contributed by atoms with Gasteiger partial charge in [0.1, 0.15) is 5.76 Å². The molecule has 1 fully saturated rings. The lowest BCUT2D eigenvalue weighted by atomic mass is 9.97. The van der Waals surface area contributed by atoms with Crippen LogP contribution in [0.1, 0.15) is 36.9 Å². The first-order valence-corrected chi connectivity index (χ1v) is 9.03. The number of hydrogen-bond acceptors (Lipinski definition) is 5. The van der Waals surface area contributed by atoms with Crippen molar-refractivity contribution in [3.05, 3.63) is 42.4 Å². The van der Waals surface area contributed by atoms with E-state index in [1.165, 1.54) is 19.5 Å². The van der Waals surface area contributed by atoms with Crippen LogP contribution >= 0.6 is 0 Å². The molecule has 2 aromatic rings. The average Bonchev–Trinajstić information content (AvgIpc) is 3.36. The van der Waals surface area contributed by atoms with Crippen molar-refractivity contribution >= 4 is 5.91 Å². The van der Waals surface area contributed by atoms with Gasteiger partial charge < -0.3 is 19.4 Å². The molecule has 0 bridgehead atoms. The fourth-order valence-corrected chi connectivity index (χ4v) is 3.52. The molecule has 0 radical (unpaired) electrons. The van der Waals surface area contributed by atoms with Crippen molar-refractivity contribution in [2.45, 2.75) is 37.1 Å². The van der Waals surface area contributed by atoms with Crippen molar-refractivity contribution in [2.75, 3.05) is 19.6 Å². The lowest BCUT2D eigenvalue weighted by Crippen LogP contribution is -2.48. The van der Waals surface area contributed by atoms with Crippen LogP contribution in [-0.2, 0) is 17.4 Å². The zero-order valence-corrected chi connectivity index (χ0v) is 15.4. The zero-order valence-electron chi connectivity index (χ0n) is 15.4. The Labute approximate surface area is 160 Å². The zero-order chi connectivity index (χ0) is 20.4. The van der Waals surface area contributed by atoms with Gasteiger partial charge in [0.25, 0.3) is 0 Å². The molecule has 3 heterocycles. The lowest BCUT2D eigenvalue weighted by molar-refractivity contribution is -0.271. The van der Waals surface area contributed by atoms with Gasteiger partial charge in [0, 0.05) is 26.0 Å². The Morgan fingerprint density at radius 2 is 2.11 bits per heavy atom. The van der Waals surface area contributed by atoms with E-state index < -0.39 is 29.9 Å². The number of furan rings is 1. The van der Waals surface area contributed by atoms with Crippen LogP contribution in [0, 0.1) is 0 Å². The van der Waals surface area contributed by atoms with Crippen LogP contribution in [0.3, 0.4) is 0 Å². The minimum absolute atomic E-state index is 0.0842.